The van der Waals surface area contributed by atoms with Gasteiger partial charge in [-0.3, -0.25) is 4.39 Å². The van der Waals surface area contributed by atoms with E-state index >= 15 is 0 Å². The average molecular weight is 510 g/mol. The molecule has 0 heterocycles. The maximum atomic E-state index is 13.4. The minimum absolute atomic E-state index is 0.00116. The molecule has 0 aliphatic heterocycles. The largest absolute Gasteiger partial charge is 0.251 e. The lowest BCUT2D eigenvalue weighted by Crippen LogP contribution is -2.25. The summed E-state index contributed by atoms with van der Waals surface area (Å²) >= 11 is 0. The number of rotatable bonds is 6. The first-order valence-corrected chi connectivity index (χ1v) is 13.8. The van der Waals surface area contributed by atoms with E-state index in [0.29, 0.717) is 43.1 Å². The lowest BCUT2D eigenvalue weighted by atomic mass is 9.69. The zero-order chi connectivity index (χ0) is 25.9. The summed E-state index contributed by atoms with van der Waals surface area (Å²) in [6, 6.07) is 3.89. The molecule has 0 spiro atoms. The van der Waals surface area contributed by atoms with Crippen LogP contribution >= 0.6 is 0 Å². The summed E-state index contributed by atoms with van der Waals surface area (Å²) in [4.78, 5) is 0. The van der Waals surface area contributed by atoms with E-state index in [0.717, 1.165) is 18.3 Å². The standard InChI is InChI=1S/C17H28F2.C13H12F3N/c18-12-1-2-14-3-7-16(8-4-14)17-9-5-15(6-10-17)11-13-19;14-10-3-1-8(2-4-10)9-5-12(15)11(7-17)13(16)6-9/h1-2,14-17H,3-13H2;5-6,8,10H,1-4H2/b2-1+;. The zero-order valence-corrected chi connectivity index (χ0v) is 21.2. The molecular weight excluding hydrogens is 469 g/mol. The summed E-state index contributed by atoms with van der Waals surface area (Å²) in [5.74, 6) is 1.40. The van der Waals surface area contributed by atoms with Crippen molar-refractivity contribution in [2.45, 2.75) is 95.6 Å². The molecule has 6 heteroatoms. The van der Waals surface area contributed by atoms with Crippen molar-refractivity contribution in [1.82, 2.24) is 0 Å². The number of hydrogen-bond donors (Lipinski definition) is 0. The predicted molar refractivity (Wildman–Crippen MR) is 134 cm³/mol. The molecule has 1 aromatic carbocycles. The van der Waals surface area contributed by atoms with Gasteiger partial charge in [0.2, 0.25) is 0 Å². The van der Waals surface area contributed by atoms with Gasteiger partial charge in [-0.15, -0.1) is 0 Å². The van der Waals surface area contributed by atoms with E-state index in [1.807, 2.05) is 0 Å². The third kappa shape index (κ3) is 8.32. The van der Waals surface area contributed by atoms with Crippen molar-refractivity contribution in [2.24, 2.45) is 23.7 Å². The highest BCUT2D eigenvalue weighted by atomic mass is 19.1. The Labute approximate surface area is 213 Å². The number of nitrogens with zero attached hydrogens (tertiary/aromatic N) is 1. The van der Waals surface area contributed by atoms with Gasteiger partial charge < -0.3 is 0 Å². The molecule has 36 heavy (non-hydrogen) atoms. The van der Waals surface area contributed by atoms with E-state index in [4.69, 9.17) is 5.26 Å². The summed E-state index contributed by atoms with van der Waals surface area (Å²) in [6.07, 6.45) is 16.1. The number of alkyl halides is 3. The molecule has 0 amide bonds. The molecule has 0 N–H and O–H groups in total. The van der Waals surface area contributed by atoms with Gasteiger partial charge >= 0.3 is 0 Å². The van der Waals surface area contributed by atoms with Crippen LogP contribution < -0.4 is 0 Å². The van der Waals surface area contributed by atoms with Crippen LogP contribution in [0.3, 0.4) is 0 Å². The summed E-state index contributed by atoms with van der Waals surface area (Å²) in [5, 5.41) is 8.56. The van der Waals surface area contributed by atoms with E-state index in [1.165, 1.54) is 69.6 Å². The Morgan fingerprint density at radius 2 is 1.36 bits per heavy atom. The van der Waals surface area contributed by atoms with Gasteiger partial charge in [-0.25, -0.2) is 17.6 Å². The highest BCUT2D eigenvalue weighted by Crippen LogP contribution is 2.42. The van der Waals surface area contributed by atoms with E-state index in [1.54, 1.807) is 6.08 Å². The Bertz CT molecular complexity index is 832. The maximum absolute atomic E-state index is 13.4. The van der Waals surface area contributed by atoms with Gasteiger partial charge in [0.15, 0.2) is 0 Å². The van der Waals surface area contributed by atoms with Gasteiger partial charge in [0.1, 0.15) is 36.1 Å². The molecule has 0 unspecified atom stereocenters. The Kier molecular flexibility index (Phi) is 11.7. The van der Waals surface area contributed by atoms with Crippen LogP contribution in [0.15, 0.2) is 24.3 Å². The molecule has 4 rings (SSSR count). The molecule has 200 valence electrons. The first kappa shape index (κ1) is 28.7. The molecule has 0 aromatic heterocycles. The molecule has 0 atom stereocenters. The minimum Gasteiger partial charge on any atom is -0.251 e. The molecule has 3 fully saturated rings. The topological polar surface area (TPSA) is 23.8 Å². The van der Waals surface area contributed by atoms with Crippen molar-refractivity contribution in [3.05, 3.63) is 47.0 Å². The Morgan fingerprint density at radius 3 is 1.86 bits per heavy atom. The smallest absolute Gasteiger partial charge is 0.144 e. The molecule has 3 aliphatic rings. The highest BCUT2D eigenvalue weighted by molar-refractivity contribution is 5.36. The summed E-state index contributed by atoms with van der Waals surface area (Å²) < 4.78 is 64.2. The van der Waals surface area contributed by atoms with Crippen LogP contribution in [0.5, 0.6) is 0 Å². The summed E-state index contributed by atoms with van der Waals surface area (Å²) in [7, 11) is 0. The first-order valence-electron chi connectivity index (χ1n) is 13.8. The fraction of sp³-hybridized carbons (Fsp3) is 0.700. The van der Waals surface area contributed by atoms with Gasteiger partial charge in [0, 0.05) is 0 Å². The second-order valence-electron chi connectivity index (χ2n) is 10.9. The molecular formula is C30H40F5N. The fourth-order valence-electron chi connectivity index (χ4n) is 6.48. The first-order chi connectivity index (χ1) is 17.4. The molecule has 0 radical (unpaired) electrons. The van der Waals surface area contributed by atoms with Gasteiger partial charge in [-0.05, 0) is 118 Å². The van der Waals surface area contributed by atoms with Crippen LogP contribution in [-0.4, -0.2) is 19.5 Å². The monoisotopic (exact) mass is 509 g/mol. The van der Waals surface area contributed by atoms with Crippen LogP contribution in [0.25, 0.3) is 0 Å². The third-order valence-electron chi connectivity index (χ3n) is 8.69. The van der Waals surface area contributed by atoms with Crippen LogP contribution in [0.4, 0.5) is 22.0 Å². The lowest BCUT2D eigenvalue weighted by molar-refractivity contribution is 0.149. The highest BCUT2D eigenvalue weighted by Gasteiger charge is 2.30. The molecule has 0 bridgehead atoms. The zero-order valence-electron chi connectivity index (χ0n) is 21.2. The van der Waals surface area contributed by atoms with Gasteiger partial charge in [0.25, 0.3) is 0 Å². The fourth-order valence-corrected chi connectivity index (χ4v) is 6.48. The normalized spacial score (nSPS) is 30.9. The number of benzene rings is 1. The average Bonchev–Trinajstić information content (AvgIpc) is 2.89. The molecule has 1 aromatic rings. The lowest BCUT2D eigenvalue weighted by Gasteiger charge is -2.37. The van der Waals surface area contributed by atoms with Crippen LogP contribution in [0.1, 0.15) is 101 Å². The van der Waals surface area contributed by atoms with Crippen molar-refractivity contribution >= 4 is 0 Å². The van der Waals surface area contributed by atoms with Crippen LogP contribution in [-0.2, 0) is 0 Å². The number of allylic oxidation sites excluding steroid dienone is 2. The summed E-state index contributed by atoms with van der Waals surface area (Å²) in [6.45, 7) is -0.458. The molecule has 1 nitrogen and oxygen atoms in total. The van der Waals surface area contributed by atoms with E-state index in [2.05, 4.69) is 6.08 Å². The van der Waals surface area contributed by atoms with Crippen molar-refractivity contribution < 1.29 is 22.0 Å². The SMILES string of the molecule is FC/C=C/C1CCC(C2CCC(CCF)CC2)CC1.N#Cc1c(F)cc(C2CCC(F)CC2)cc1F. The second-order valence-corrected chi connectivity index (χ2v) is 10.9. The third-order valence-corrected chi connectivity index (χ3v) is 8.69. The van der Waals surface area contributed by atoms with E-state index < -0.39 is 23.4 Å². The van der Waals surface area contributed by atoms with E-state index in [-0.39, 0.29) is 19.3 Å². The van der Waals surface area contributed by atoms with Crippen molar-refractivity contribution in [3.63, 3.8) is 0 Å². The second kappa shape index (κ2) is 14.7. The minimum atomic E-state index is -0.829. The van der Waals surface area contributed by atoms with Gasteiger partial charge in [-0.2, -0.15) is 5.26 Å². The summed E-state index contributed by atoms with van der Waals surface area (Å²) in [5.41, 5.74) is -0.0150. The molecule has 3 aliphatic carbocycles. The molecule has 3 saturated carbocycles. The van der Waals surface area contributed by atoms with Crippen LogP contribution in [0, 0.1) is 46.6 Å². The number of nitriles is 1. The van der Waals surface area contributed by atoms with Crippen LogP contribution in [0.2, 0.25) is 0 Å². The maximum Gasteiger partial charge on any atom is 0.144 e. The van der Waals surface area contributed by atoms with Crippen molar-refractivity contribution in [2.75, 3.05) is 13.3 Å². The molecule has 0 saturated heterocycles. The Morgan fingerprint density at radius 1 is 0.806 bits per heavy atom. The van der Waals surface area contributed by atoms with Crippen molar-refractivity contribution in [3.8, 4) is 6.07 Å². The van der Waals surface area contributed by atoms with Gasteiger partial charge in [-0.1, -0.05) is 25.0 Å². The van der Waals surface area contributed by atoms with Crippen molar-refractivity contribution in [1.29, 1.82) is 5.26 Å². The number of hydrogen-bond acceptors (Lipinski definition) is 1. The Hall–Kier alpha value is -1.90. The Balaban J connectivity index is 0.000000202. The quantitative estimate of drug-likeness (QED) is 0.277. The van der Waals surface area contributed by atoms with Gasteiger partial charge in [0.05, 0.1) is 6.67 Å². The number of halogens is 5. The van der Waals surface area contributed by atoms with E-state index in [9.17, 15) is 22.0 Å². The predicted octanol–water partition coefficient (Wildman–Crippen LogP) is 9.32.